The normalized spacial score (nSPS) is 21.9. The first kappa shape index (κ1) is 25.1. The second-order valence-corrected chi connectivity index (χ2v) is 6.70. The molecule has 2 rings (SSSR count). The van der Waals surface area contributed by atoms with E-state index in [2.05, 4.69) is 10.6 Å². The molecule has 0 radical (unpaired) electrons. The van der Waals surface area contributed by atoms with Crippen LogP contribution in [0.3, 0.4) is 0 Å². The van der Waals surface area contributed by atoms with Gasteiger partial charge in [0.2, 0.25) is 17.7 Å². The monoisotopic (exact) mass is 440 g/mol. The van der Waals surface area contributed by atoms with Gasteiger partial charge in [0.15, 0.2) is 0 Å². The van der Waals surface area contributed by atoms with E-state index in [1.54, 1.807) is 0 Å². The van der Waals surface area contributed by atoms with Gasteiger partial charge >= 0.3 is 18.1 Å². The zero-order valence-corrected chi connectivity index (χ0v) is 15.8. The summed E-state index contributed by atoms with van der Waals surface area (Å²) in [6, 6.07) is -2.22. The van der Waals surface area contributed by atoms with Crippen molar-refractivity contribution in [1.82, 2.24) is 15.5 Å². The summed E-state index contributed by atoms with van der Waals surface area (Å²) < 4.78 is 31.7. The second kappa shape index (κ2) is 10.8. The van der Waals surface area contributed by atoms with Crippen LogP contribution >= 0.6 is 0 Å². The molecule has 11 nitrogen and oxygen atoms in total. The molecule has 2 fully saturated rings. The summed E-state index contributed by atoms with van der Waals surface area (Å²) in [6.07, 6.45) is -2.82. The van der Waals surface area contributed by atoms with Crippen LogP contribution in [0.2, 0.25) is 0 Å². The number of amides is 3. The van der Waals surface area contributed by atoms with Gasteiger partial charge in [-0.2, -0.15) is 13.2 Å². The summed E-state index contributed by atoms with van der Waals surface area (Å²) in [6.45, 7) is 1.26. The molecular formula is C16H23F3N4O7. The first-order valence-electron chi connectivity index (χ1n) is 9.00. The molecule has 0 aromatic rings. The molecule has 2 aliphatic heterocycles. The zero-order valence-electron chi connectivity index (χ0n) is 15.8. The molecule has 2 aliphatic rings. The molecule has 0 aromatic heterocycles. The van der Waals surface area contributed by atoms with Crippen LogP contribution in [0.5, 0.6) is 0 Å². The molecule has 2 heterocycles. The van der Waals surface area contributed by atoms with E-state index in [1.807, 2.05) is 0 Å². The first-order chi connectivity index (χ1) is 13.8. The lowest BCUT2D eigenvalue weighted by Crippen LogP contribution is -2.55. The molecule has 0 bridgehead atoms. The van der Waals surface area contributed by atoms with Gasteiger partial charge in [0.05, 0.1) is 12.5 Å². The maximum absolute atomic E-state index is 12.5. The van der Waals surface area contributed by atoms with E-state index >= 15 is 0 Å². The minimum absolute atomic E-state index is 0.117. The van der Waals surface area contributed by atoms with Gasteiger partial charge in [0.25, 0.3) is 0 Å². The number of carbonyl (C=O) groups is 5. The van der Waals surface area contributed by atoms with Crippen LogP contribution in [0, 0.1) is 0 Å². The SMILES string of the molecule is NC(=O)[C@H](CC(=O)O)NC(=O)[C@@H]1CCCN1C(=O)[C@@H]1CCCN1.O=C(O)C(F)(F)F. The molecule has 6 N–H and O–H groups in total. The van der Waals surface area contributed by atoms with Crippen LogP contribution < -0.4 is 16.4 Å². The fourth-order valence-corrected chi connectivity index (χ4v) is 3.06. The quantitative estimate of drug-likeness (QED) is 0.342. The summed E-state index contributed by atoms with van der Waals surface area (Å²) in [7, 11) is 0. The highest BCUT2D eigenvalue weighted by Gasteiger charge is 2.39. The van der Waals surface area contributed by atoms with Crippen molar-refractivity contribution in [3.8, 4) is 0 Å². The van der Waals surface area contributed by atoms with Crippen molar-refractivity contribution in [1.29, 1.82) is 0 Å². The van der Waals surface area contributed by atoms with Crippen molar-refractivity contribution in [3.63, 3.8) is 0 Å². The Bertz CT molecular complexity index is 680. The molecule has 0 spiro atoms. The fraction of sp³-hybridized carbons (Fsp3) is 0.688. The van der Waals surface area contributed by atoms with Crippen molar-refractivity contribution in [3.05, 3.63) is 0 Å². The van der Waals surface area contributed by atoms with E-state index in [9.17, 15) is 32.3 Å². The molecule has 0 aliphatic carbocycles. The smallest absolute Gasteiger partial charge is 0.481 e. The number of halogens is 3. The number of carboxylic acids is 2. The van der Waals surface area contributed by atoms with Gasteiger partial charge in [-0.25, -0.2) is 4.79 Å². The molecule has 3 atom stereocenters. The van der Waals surface area contributed by atoms with Crippen molar-refractivity contribution >= 4 is 29.7 Å². The zero-order chi connectivity index (χ0) is 23.1. The lowest BCUT2D eigenvalue weighted by atomic mass is 10.1. The lowest BCUT2D eigenvalue weighted by Gasteiger charge is -2.27. The molecule has 170 valence electrons. The average molecular weight is 440 g/mol. The Hall–Kier alpha value is -2.90. The Morgan fingerprint density at radius 3 is 2.17 bits per heavy atom. The molecule has 0 saturated carbocycles. The number of alkyl halides is 3. The number of rotatable bonds is 6. The molecule has 3 amide bonds. The number of carbonyl (C=O) groups excluding carboxylic acids is 3. The van der Waals surface area contributed by atoms with Crippen LogP contribution in [0.4, 0.5) is 13.2 Å². The Morgan fingerprint density at radius 1 is 1.13 bits per heavy atom. The lowest BCUT2D eigenvalue weighted by molar-refractivity contribution is -0.192. The number of nitrogens with two attached hydrogens (primary N) is 1. The van der Waals surface area contributed by atoms with Gasteiger partial charge in [0, 0.05) is 6.54 Å². The topological polar surface area (TPSA) is 179 Å². The molecule has 0 aromatic carbocycles. The van der Waals surface area contributed by atoms with Crippen LogP contribution in [0.1, 0.15) is 32.1 Å². The third-order valence-electron chi connectivity index (χ3n) is 4.48. The minimum Gasteiger partial charge on any atom is -0.481 e. The highest BCUT2D eigenvalue weighted by atomic mass is 19.4. The van der Waals surface area contributed by atoms with Crippen molar-refractivity contribution in [2.45, 2.75) is 56.4 Å². The summed E-state index contributed by atoms with van der Waals surface area (Å²) >= 11 is 0. The van der Waals surface area contributed by atoms with E-state index < -0.39 is 48.4 Å². The third kappa shape index (κ3) is 7.50. The molecule has 2 saturated heterocycles. The predicted molar refractivity (Wildman–Crippen MR) is 92.8 cm³/mol. The van der Waals surface area contributed by atoms with Gasteiger partial charge in [-0.05, 0) is 32.2 Å². The van der Waals surface area contributed by atoms with Crippen molar-refractivity contribution < 1.29 is 47.4 Å². The standard InChI is InChI=1S/C14H22N4O5.C2HF3O2/c15-12(21)9(7-11(19)20)17-13(22)10-4-2-6-18(10)14(23)8-3-1-5-16-8;3-2(4,5)1(6)7/h8-10,16H,1-7H2,(H2,15,21)(H,17,22)(H,19,20);(H,6,7)/t8-,9-,10-;/m0./s1. The number of likely N-dealkylation sites (tertiary alicyclic amines) is 1. The number of carboxylic acid groups (broad SMARTS) is 2. The summed E-state index contributed by atoms with van der Waals surface area (Å²) in [5.74, 6) is -5.54. The number of hydrogen-bond donors (Lipinski definition) is 5. The molecule has 0 unspecified atom stereocenters. The molecule has 14 heteroatoms. The van der Waals surface area contributed by atoms with Gasteiger partial charge < -0.3 is 31.5 Å². The van der Waals surface area contributed by atoms with Crippen molar-refractivity contribution in [2.24, 2.45) is 5.73 Å². The Kier molecular flexibility index (Phi) is 9.01. The Morgan fingerprint density at radius 2 is 1.73 bits per heavy atom. The van der Waals surface area contributed by atoms with E-state index in [1.165, 1.54) is 4.90 Å². The number of nitrogens with one attached hydrogen (secondary N) is 2. The van der Waals surface area contributed by atoms with Gasteiger partial charge in [-0.15, -0.1) is 0 Å². The van der Waals surface area contributed by atoms with Gasteiger partial charge in [-0.3, -0.25) is 19.2 Å². The highest BCUT2D eigenvalue weighted by molar-refractivity contribution is 5.94. The molecular weight excluding hydrogens is 417 g/mol. The number of primary amides is 1. The average Bonchev–Trinajstić information content (AvgIpc) is 3.31. The van der Waals surface area contributed by atoms with E-state index in [4.69, 9.17) is 20.7 Å². The Labute approximate surface area is 168 Å². The number of hydrogen-bond acceptors (Lipinski definition) is 6. The third-order valence-corrected chi connectivity index (χ3v) is 4.48. The highest BCUT2D eigenvalue weighted by Crippen LogP contribution is 2.21. The van der Waals surface area contributed by atoms with Crippen LogP contribution in [0.15, 0.2) is 0 Å². The van der Waals surface area contributed by atoms with Crippen molar-refractivity contribution in [2.75, 3.05) is 13.1 Å². The fourth-order valence-electron chi connectivity index (χ4n) is 3.06. The maximum Gasteiger partial charge on any atom is 0.490 e. The van der Waals surface area contributed by atoms with Gasteiger partial charge in [-0.1, -0.05) is 0 Å². The van der Waals surface area contributed by atoms with Crippen LogP contribution in [-0.4, -0.2) is 82.2 Å². The van der Waals surface area contributed by atoms with Crippen LogP contribution in [-0.2, 0) is 24.0 Å². The summed E-state index contributed by atoms with van der Waals surface area (Å²) in [5.41, 5.74) is 5.12. The summed E-state index contributed by atoms with van der Waals surface area (Å²) in [4.78, 5) is 57.2. The molecule has 30 heavy (non-hydrogen) atoms. The predicted octanol–water partition coefficient (Wildman–Crippen LogP) is -1.19. The summed E-state index contributed by atoms with van der Waals surface area (Å²) in [5, 5.41) is 21.3. The van der Waals surface area contributed by atoms with E-state index in [0.717, 1.165) is 19.4 Å². The van der Waals surface area contributed by atoms with Crippen LogP contribution in [0.25, 0.3) is 0 Å². The first-order valence-corrected chi connectivity index (χ1v) is 9.00. The van der Waals surface area contributed by atoms with E-state index in [0.29, 0.717) is 19.4 Å². The number of nitrogens with zero attached hydrogens (tertiary/aromatic N) is 1. The second-order valence-electron chi connectivity index (χ2n) is 6.70. The maximum atomic E-state index is 12.5. The number of aliphatic carboxylic acids is 2. The minimum atomic E-state index is -5.08. The Balaban J connectivity index is 0.000000553. The van der Waals surface area contributed by atoms with E-state index in [-0.39, 0.29) is 11.9 Å². The van der Waals surface area contributed by atoms with Gasteiger partial charge in [0.1, 0.15) is 12.1 Å². The largest absolute Gasteiger partial charge is 0.490 e.